The number of nitrogens with zero attached hydrogens (tertiary/aromatic N) is 3. The van der Waals surface area contributed by atoms with E-state index in [1.54, 1.807) is 11.3 Å². The Morgan fingerprint density at radius 2 is 2.19 bits per heavy atom. The number of hydrogen-bond donors (Lipinski definition) is 1. The van der Waals surface area contributed by atoms with Gasteiger partial charge in [-0.3, -0.25) is 9.69 Å². The summed E-state index contributed by atoms with van der Waals surface area (Å²) in [6.45, 7) is 4.62. The predicted octanol–water partition coefficient (Wildman–Crippen LogP) is 3.71. The number of carbonyl (C=O) groups is 1. The lowest BCUT2D eigenvalue weighted by atomic mass is 9.89. The fourth-order valence-electron chi connectivity index (χ4n) is 3.45. The predicted molar refractivity (Wildman–Crippen MR) is 103 cm³/mol. The molecular formula is C19H28N4O2S. The Hall–Kier alpha value is -1.73. The number of thiophene rings is 1. The molecule has 7 heteroatoms. The van der Waals surface area contributed by atoms with Crippen LogP contribution in [0.5, 0.6) is 0 Å². The van der Waals surface area contributed by atoms with Crippen LogP contribution in [0.25, 0.3) is 10.8 Å². The third-order valence-corrected chi connectivity index (χ3v) is 5.64. The van der Waals surface area contributed by atoms with E-state index < -0.39 is 0 Å². The fraction of sp³-hybridized carbons (Fsp3) is 0.632. The van der Waals surface area contributed by atoms with Gasteiger partial charge >= 0.3 is 0 Å². The van der Waals surface area contributed by atoms with Crippen molar-refractivity contribution in [3.05, 3.63) is 23.4 Å². The van der Waals surface area contributed by atoms with E-state index >= 15 is 0 Å². The molecule has 142 valence electrons. The number of amides is 1. The summed E-state index contributed by atoms with van der Waals surface area (Å²) in [6.07, 6.45) is 7.39. The lowest BCUT2D eigenvalue weighted by molar-refractivity contribution is -0.122. The van der Waals surface area contributed by atoms with Crippen LogP contribution < -0.4 is 5.32 Å². The molecule has 1 amide bonds. The van der Waals surface area contributed by atoms with Gasteiger partial charge < -0.3 is 9.73 Å². The van der Waals surface area contributed by atoms with Crippen molar-refractivity contribution < 1.29 is 9.21 Å². The van der Waals surface area contributed by atoms with Gasteiger partial charge in [0.25, 0.3) is 5.89 Å². The minimum atomic E-state index is 0.0852. The normalized spacial score (nSPS) is 15.5. The molecule has 1 aliphatic rings. The summed E-state index contributed by atoms with van der Waals surface area (Å²) in [6, 6.07) is 3.92. The van der Waals surface area contributed by atoms with Crippen molar-refractivity contribution in [2.24, 2.45) is 5.92 Å². The van der Waals surface area contributed by atoms with Gasteiger partial charge in [0, 0.05) is 6.54 Å². The molecule has 1 N–H and O–H groups in total. The molecule has 6 nitrogen and oxygen atoms in total. The van der Waals surface area contributed by atoms with Crippen molar-refractivity contribution in [2.45, 2.75) is 52.0 Å². The second-order valence-electron chi connectivity index (χ2n) is 7.00. The van der Waals surface area contributed by atoms with Gasteiger partial charge in [-0.05, 0) is 43.2 Å². The van der Waals surface area contributed by atoms with E-state index in [0.717, 1.165) is 24.4 Å². The van der Waals surface area contributed by atoms with Gasteiger partial charge in [-0.2, -0.15) is 0 Å². The molecule has 1 saturated carbocycles. The minimum absolute atomic E-state index is 0.0852. The van der Waals surface area contributed by atoms with Gasteiger partial charge in [0.1, 0.15) is 0 Å². The van der Waals surface area contributed by atoms with Crippen molar-refractivity contribution in [1.82, 2.24) is 20.4 Å². The number of nitrogens with one attached hydrogen (secondary N) is 1. The third-order valence-electron chi connectivity index (χ3n) is 4.78. The van der Waals surface area contributed by atoms with Gasteiger partial charge in [0.15, 0.2) is 0 Å². The quantitative estimate of drug-likeness (QED) is 0.722. The van der Waals surface area contributed by atoms with E-state index in [4.69, 9.17) is 4.42 Å². The Morgan fingerprint density at radius 1 is 1.35 bits per heavy atom. The molecule has 26 heavy (non-hydrogen) atoms. The minimum Gasteiger partial charge on any atom is -0.419 e. The highest BCUT2D eigenvalue weighted by molar-refractivity contribution is 7.13. The molecule has 0 atom stereocenters. The molecule has 1 fully saturated rings. The molecule has 1 aliphatic carbocycles. The van der Waals surface area contributed by atoms with E-state index in [1.807, 2.05) is 17.5 Å². The number of rotatable bonds is 9. The zero-order valence-electron chi connectivity index (χ0n) is 15.4. The molecule has 2 aromatic heterocycles. The monoisotopic (exact) mass is 376 g/mol. The molecule has 0 saturated heterocycles. The number of carbonyl (C=O) groups excluding carboxylic acids is 1. The first-order valence-corrected chi connectivity index (χ1v) is 10.5. The first-order valence-electron chi connectivity index (χ1n) is 9.60. The van der Waals surface area contributed by atoms with Crippen LogP contribution in [0.4, 0.5) is 0 Å². The highest BCUT2D eigenvalue weighted by atomic mass is 32.1. The molecular weight excluding hydrogens is 348 g/mol. The molecule has 3 rings (SSSR count). The van der Waals surface area contributed by atoms with E-state index in [2.05, 4.69) is 27.3 Å². The van der Waals surface area contributed by atoms with Gasteiger partial charge in [-0.25, -0.2) is 0 Å². The Morgan fingerprint density at radius 3 is 2.92 bits per heavy atom. The lowest BCUT2D eigenvalue weighted by Crippen LogP contribution is -2.39. The second-order valence-corrected chi connectivity index (χ2v) is 7.94. The maximum atomic E-state index is 12.3. The molecule has 0 aliphatic heterocycles. The highest BCUT2D eigenvalue weighted by Gasteiger charge is 2.18. The second kappa shape index (κ2) is 9.83. The van der Waals surface area contributed by atoms with Crippen molar-refractivity contribution in [3.8, 4) is 10.8 Å². The van der Waals surface area contributed by atoms with Crippen LogP contribution in [0, 0.1) is 5.92 Å². The SMILES string of the molecule is CCCN(CC(=O)NCC1CCCCC1)Cc1nnc(-c2cccs2)o1. The Labute approximate surface area is 159 Å². The third kappa shape index (κ3) is 5.64. The zero-order valence-corrected chi connectivity index (χ0v) is 16.3. The van der Waals surface area contributed by atoms with E-state index in [-0.39, 0.29) is 5.91 Å². The Balaban J connectivity index is 1.49. The molecule has 2 aromatic rings. The van der Waals surface area contributed by atoms with Crippen molar-refractivity contribution in [2.75, 3.05) is 19.6 Å². The summed E-state index contributed by atoms with van der Waals surface area (Å²) < 4.78 is 5.76. The van der Waals surface area contributed by atoms with Gasteiger partial charge in [0.05, 0.1) is 18.0 Å². The summed E-state index contributed by atoms with van der Waals surface area (Å²) >= 11 is 1.58. The molecule has 0 aromatic carbocycles. The van der Waals surface area contributed by atoms with Gasteiger partial charge in [-0.15, -0.1) is 21.5 Å². The summed E-state index contributed by atoms with van der Waals surface area (Å²) in [5.74, 6) is 1.84. The van der Waals surface area contributed by atoms with Crippen LogP contribution in [-0.2, 0) is 11.3 Å². The largest absolute Gasteiger partial charge is 0.419 e. The van der Waals surface area contributed by atoms with E-state index in [9.17, 15) is 4.79 Å². The van der Waals surface area contributed by atoms with Gasteiger partial charge in [-0.1, -0.05) is 32.3 Å². The standard InChI is InChI=1S/C19H28N4O2S/c1-2-10-23(13-17(24)20-12-15-7-4-3-5-8-15)14-18-21-22-19(25-18)16-9-6-11-26-16/h6,9,11,15H,2-5,7-8,10,12-14H2,1H3,(H,20,24). The van der Waals surface area contributed by atoms with E-state index in [0.29, 0.717) is 30.8 Å². The molecule has 2 heterocycles. The molecule has 0 radical (unpaired) electrons. The van der Waals surface area contributed by atoms with Crippen LogP contribution in [-0.4, -0.2) is 40.6 Å². The van der Waals surface area contributed by atoms with Crippen LogP contribution in [0.2, 0.25) is 0 Å². The first kappa shape index (κ1) is 19.0. The lowest BCUT2D eigenvalue weighted by Gasteiger charge is -2.23. The maximum absolute atomic E-state index is 12.3. The van der Waals surface area contributed by atoms with Crippen molar-refractivity contribution >= 4 is 17.2 Å². The zero-order chi connectivity index (χ0) is 18.2. The van der Waals surface area contributed by atoms with E-state index in [1.165, 1.54) is 32.1 Å². The fourth-order valence-corrected chi connectivity index (χ4v) is 4.09. The van der Waals surface area contributed by atoms with Gasteiger partial charge in [0.2, 0.25) is 11.8 Å². The highest BCUT2D eigenvalue weighted by Crippen LogP contribution is 2.24. The maximum Gasteiger partial charge on any atom is 0.257 e. The average Bonchev–Trinajstić information content (AvgIpc) is 3.32. The van der Waals surface area contributed by atoms with Crippen molar-refractivity contribution in [3.63, 3.8) is 0 Å². The van der Waals surface area contributed by atoms with Crippen LogP contribution >= 0.6 is 11.3 Å². The Kier molecular flexibility index (Phi) is 7.20. The summed E-state index contributed by atoms with van der Waals surface area (Å²) in [7, 11) is 0. The summed E-state index contributed by atoms with van der Waals surface area (Å²) in [5.41, 5.74) is 0. The van der Waals surface area contributed by atoms with Crippen LogP contribution in [0.1, 0.15) is 51.3 Å². The molecule has 0 unspecified atom stereocenters. The van der Waals surface area contributed by atoms with Crippen LogP contribution in [0.15, 0.2) is 21.9 Å². The summed E-state index contributed by atoms with van der Waals surface area (Å²) in [4.78, 5) is 15.4. The number of hydrogen-bond acceptors (Lipinski definition) is 6. The van der Waals surface area contributed by atoms with Crippen molar-refractivity contribution in [1.29, 1.82) is 0 Å². The Bertz CT molecular complexity index is 665. The number of aromatic nitrogens is 2. The molecule has 0 spiro atoms. The smallest absolute Gasteiger partial charge is 0.257 e. The summed E-state index contributed by atoms with van der Waals surface area (Å²) in [5, 5.41) is 13.3. The first-order chi connectivity index (χ1) is 12.7. The van der Waals surface area contributed by atoms with Crippen LogP contribution in [0.3, 0.4) is 0 Å². The average molecular weight is 377 g/mol. The molecule has 0 bridgehead atoms. The topological polar surface area (TPSA) is 71.3 Å².